The van der Waals surface area contributed by atoms with Crippen molar-refractivity contribution in [2.24, 2.45) is 0 Å². The van der Waals surface area contributed by atoms with Crippen LogP contribution in [0.3, 0.4) is 0 Å². The maximum atomic E-state index is 6.68. The number of rotatable bonds is 4. The molecule has 2 heterocycles. The Morgan fingerprint density at radius 3 is 1.57 bits per heavy atom. The quantitative estimate of drug-likeness (QED) is 0.195. The largest absolute Gasteiger partial charge is 0.456 e. The Bertz CT molecular complexity index is 2890. The molecule has 0 atom stereocenters. The normalized spacial score (nSPS) is 11.7. The van der Waals surface area contributed by atoms with Crippen molar-refractivity contribution >= 4 is 54.3 Å². The molecule has 8 aromatic carbocycles. The minimum absolute atomic E-state index is 0.597. The van der Waals surface area contributed by atoms with Crippen LogP contribution >= 0.6 is 0 Å². The van der Waals surface area contributed by atoms with E-state index < -0.39 is 0 Å². The summed E-state index contributed by atoms with van der Waals surface area (Å²) < 4.78 is 6.68. The van der Waals surface area contributed by atoms with E-state index in [0.29, 0.717) is 17.5 Å². The Morgan fingerprint density at radius 1 is 0.327 bits per heavy atom. The molecule has 0 fully saturated rings. The molecule has 0 aliphatic heterocycles. The highest BCUT2D eigenvalue weighted by atomic mass is 16.3. The molecule has 0 unspecified atom stereocenters. The van der Waals surface area contributed by atoms with E-state index in [2.05, 4.69) is 133 Å². The van der Waals surface area contributed by atoms with E-state index in [4.69, 9.17) is 19.4 Å². The number of hydrogen-bond donors (Lipinski definition) is 0. The molecule has 0 saturated carbocycles. The molecule has 0 amide bonds. The zero-order valence-corrected chi connectivity index (χ0v) is 26.3. The molecule has 2 aromatic heterocycles. The molecule has 0 bridgehead atoms. The van der Waals surface area contributed by atoms with Crippen molar-refractivity contribution in [3.63, 3.8) is 0 Å². The smallest absolute Gasteiger partial charge is 0.164 e. The molecule has 0 radical (unpaired) electrons. The fourth-order valence-electron chi connectivity index (χ4n) is 7.06. The molecule has 0 aliphatic carbocycles. The summed E-state index contributed by atoms with van der Waals surface area (Å²) >= 11 is 0. The van der Waals surface area contributed by atoms with Crippen LogP contribution in [-0.2, 0) is 0 Å². The van der Waals surface area contributed by atoms with Crippen LogP contribution in [0.4, 0.5) is 0 Å². The van der Waals surface area contributed by atoms with E-state index in [0.717, 1.165) is 55.0 Å². The van der Waals surface area contributed by atoms with Gasteiger partial charge in [0.2, 0.25) is 0 Å². The van der Waals surface area contributed by atoms with E-state index in [-0.39, 0.29) is 0 Å². The number of aromatic nitrogens is 3. The van der Waals surface area contributed by atoms with Crippen LogP contribution in [0, 0.1) is 0 Å². The predicted octanol–water partition coefficient (Wildman–Crippen LogP) is 11.9. The first kappa shape index (κ1) is 27.5. The summed E-state index contributed by atoms with van der Waals surface area (Å²) in [4.78, 5) is 15.0. The molecule has 49 heavy (non-hydrogen) atoms. The molecule has 0 N–H and O–H groups in total. The van der Waals surface area contributed by atoms with E-state index in [1.165, 1.54) is 27.1 Å². The second kappa shape index (κ2) is 11.0. The van der Waals surface area contributed by atoms with Crippen LogP contribution in [0.1, 0.15) is 0 Å². The lowest BCUT2D eigenvalue weighted by Gasteiger charge is -2.11. The van der Waals surface area contributed by atoms with Gasteiger partial charge in [0.1, 0.15) is 11.2 Å². The molecular formula is C45H27N3O. The van der Waals surface area contributed by atoms with Gasteiger partial charge in [-0.05, 0) is 68.2 Å². The van der Waals surface area contributed by atoms with Crippen molar-refractivity contribution in [1.82, 2.24) is 15.0 Å². The lowest BCUT2D eigenvalue weighted by atomic mass is 9.92. The fourth-order valence-corrected chi connectivity index (χ4v) is 7.06. The molecule has 4 heteroatoms. The van der Waals surface area contributed by atoms with Gasteiger partial charge in [0, 0.05) is 33.0 Å². The predicted molar refractivity (Wildman–Crippen MR) is 201 cm³/mol. The lowest BCUT2D eigenvalue weighted by Crippen LogP contribution is -2.00. The van der Waals surface area contributed by atoms with Gasteiger partial charge in [0.15, 0.2) is 17.5 Å². The summed E-state index contributed by atoms with van der Waals surface area (Å²) in [6.07, 6.45) is 0. The van der Waals surface area contributed by atoms with Gasteiger partial charge in [-0.3, -0.25) is 0 Å². The molecule has 10 aromatic rings. The summed E-state index contributed by atoms with van der Waals surface area (Å²) in [6.45, 7) is 0. The Hall–Kier alpha value is -6.65. The highest BCUT2D eigenvalue weighted by molar-refractivity contribution is 6.21. The van der Waals surface area contributed by atoms with E-state index in [1.54, 1.807) is 0 Å². The molecule has 4 nitrogen and oxygen atoms in total. The summed E-state index contributed by atoms with van der Waals surface area (Å²) in [7, 11) is 0. The summed E-state index contributed by atoms with van der Waals surface area (Å²) in [5, 5.41) is 9.25. The van der Waals surface area contributed by atoms with Crippen LogP contribution in [0.5, 0.6) is 0 Å². The highest BCUT2D eigenvalue weighted by Crippen LogP contribution is 2.43. The Morgan fingerprint density at radius 2 is 0.857 bits per heavy atom. The average Bonchev–Trinajstić information content (AvgIpc) is 3.54. The van der Waals surface area contributed by atoms with Crippen molar-refractivity contribution in [2.75, 3.05) is 0 Å². The van der Waals surface area contributed by atoms with Gasteiger partial charge in [-0.25, -0.2) is 15.0 Å². The van der Waals surface area contributed by atoms with Crippen LogP contribution in [-0.4, -0.2) is 15.0 Å². The van der Waals surface area contributed by atoms with E-state index in [9.17, 15) is 0 Å². The lowest BCUT2D eigenvalue weighted by molar-refractivity contribution is 0.669. The van der Waals surface area contributed by atoms with Crippen LogP contribution in [0.25, 0.3) is 99.5 Å². The second-order valence-electron chi connectivity index (χ2n) is 12.5. The van der Waals surface area contributed by atoms with Crippen molar-refractivity contribution in [2.45, 2.75) is 0 Å². The Balaban J connectivity index is 1.18. The number of benzene rings is 8. The zero-order chi connectivity index (χ0) is 32.3. The van der Waals surface area contributed by atoms with Crippen molar-refractivity contribution in [3.05, 3.63) is 164 Å². The number of hydrogen-bond acceptors (Lipinski definition) is 4. The van der Waals surface area contributed by atoms with Crippen molar-refractivity contribution in [1.29, 1.82) is 0 Å². The van der Waals surface area contributed by atoms with Crippen LogP contribution in [0.2, 0.25) is 0 Å². The molecule has 0 spiro atoms. The van der Waals surface area contributed by atoms with Crippen molar-refractivity contribution < 1.29 is 4.42 Å². The Kier molecular flexibility index (Phi) is 6.15. The third kappa shape index (κ3) is 4.65. The molecule has 10 rings (SSSR count). The maximum absolute atomic E-state index is 6.68. The van der Waals surface area contributed by atoms with Crippen LogP contribution in [0.15, 0.2) is 168 Å². The molecular weight excluding hydrogens is 599 g/mol. The SMILES string of the molecule is c1ccc(-c2nc(-c3ccc4ccccc4c3)nc(-c3ccc4c(c3)oc3cc5ccccc5c(-c5ccc6ccccc6c5)c34)n2)cc1. The minimum Gasteiger partial charge on any atom is -0.456 e. The van der Waals surface area contributed by atoms with E-state index >= 15 is 0 Å². The van der Waals surface area contributed by atoms with Gasteiger partial charge in [-0.1, -0.05) is 133 Å². The standard InChI is InChI=1S/C45H27N3O/c1-2-12-30(13-3-1)43-46-44(35-21-19-29-11-5-7-15-32(29)25-35)48-45(47-43)36-22-23-38-39(27-36)49-40-26-33-16-8-9-17-37(33)41(42(38)40)34-20-18-28-10-4-6-14-31(28)24-34/h1-27H. The zero-order valence-electron chi connectivity index (χ0n) is 26.3. The average molecular weight is 626 g/mol. The van der Waals surface area contributed by atoms with E-state index in [1.807, 2.05) is 30.3 Å². The van der Waals surface area contributed by atoms with Gasteiger partial charge in [0.05, 0.1) is 0 Å². The third-order valence-electron chi connectivity index (χ3n) is 9.46. The molecule has 0 saturated heterocycles. The van der Waals surface area contributed by atoms with Crippen molar-refractivity contribution in [3.8, 4) is 45.3 Å². The topological polar surface area (TPSA) is 51.8 Å². The number of furan rings is 1. The monoisotopic (exact) mass is 625 g/mol. The second-order valence-corrected chi connectivity index (χ2v) is 12.5. The first-order chi connectivity index (χ1) is 24.2. The molecule has 228 valence electrons. The number of nitrogens with zero attached hydrogens (tertiary/aromatic N) is 3. The first-order valence-corrected chi connectivity index (χ1v) is 16.4. The van der Waals surface area contributed by atoms with Gasteiger partial charge in [-0.15, -0.1) is 0 Å². The van der Waals surface area contributed by atoms with Gasteiger partial charge in [-0.2, -0.15) is 0 Å². The number of fused-ring (bicyclic) bond motifs is 6. The van der Waals surface area contributed by atoms with Gasteiger partial charge in [0.25, 0.3) is 0 Å². The summed E-state index contributed by atoms with van der Waals surface area (Å²) in [6, 6.07) is 57.0. The third-order valence-corrected chi connectivity index (χ3v) is 9.46. The van der Waals surface area contributed by atoms with Crippen LogP contribution < -0.4 is 0 Å². The van der Waals surface area contributed by atoms with Gasteiger partial charge >= 0.3 is 0 Å². The molecule has 0 aliphatic rings. The Labute approximate surface area is 282 Å². The first-order valence-electron chi connectivity index (χ1n) is 16.4. The summed E-state index contributed by atoms with van der Waals surface area (Å²) in [5.74, 6) is 1.85. The maximum Gasteiger partial charge on any atom is 0.164 e. The fraction of sp³-hybridized carbons (Fsp3) is 0. The minimum atomic E-state index is 0.597. The summed E-state index contributed by atoms with van der Waals surface area (Å²) in [5.41, 5.74) is 6.73. The van der Waals surface area contributed by atoms with Gasteiger partial charge < -0.3 is 4.42 Å². The highest BCUT2D eigenvalue weighted by Gasteiger charge is 2.19.